The molecule has 1 N–H and O–H groups in total. The van der Waals surface area contributed by atoms with Crippen LogP contribution in [0, 0.1) is 0 Å². The number of anilines is 1. The highest BCUT2D eigenvalue weighted by atomic mass is 35.5. The van der Waals surface area contributed by atoms with Crippen LogP contribution in [0.25, 0.3) is 0 Å². The van der Waals surface area contributed by atoms with Gasteiger partial charge in [-0.05, 0) is 60.2 Å². The minimum atomic E-state index is -0.292. The molecule has 2 heterocycles. The van der Waals surface area contributed by atoms with E-state index in [-0.39, 0.29) is 17.2 Å². The summed E-state index contributed by atoms with van der Waals surface area (Å²) in [7, 11) is 0. The molecule has 0 unspecified atom stereocenters. The van der Waals surface area contributed by atoms with Crippen LogP contribution in [0.3, 0.4) is 0 Å². The summed E-state index contributed by atoms with van der Waals surface area (Å²) in [5, 5.41) is 3.24. The first-order valence-electron chi connectivity index (χ1n) is 10.9. The number of para-hydroxylation sites is 1. The highest BCUT2D eigenvalue weighted by Crippen LogP contribution is 2.40. The molecular formula is C27H21ClN2O4S. The van der Waals surface area contributed by atoms with Gasteiger partial charge in [0.2, 0.25) is 5.91 Å². The number of thioether (sulfide) groups is 1. The van der Waals surface area contributed by atoms with Gasteiger partial charge in [-0.2, -0.15) is 0 Å². The fraction of sp³-hybridized carbons (Fsp3) is 0.111. The number of ether oxygens (including phenoxy) is 1. The number of carbonyl (C=O) groups is 2. The van der Waals surface area contributed by atoms with E-state index in [2.05, 4.69) is 5.32 Å². The molecule has 1 aliphatic rings. The van der Waals surface area contributed by atoms with Crippen molar-refractivity contribution in [3.05, 3.63) is 113 Å². The second-order valence-electron chi connectivity index (χ2n) is 7.90. The van der Waals surface area contributed by atoms with Gasteiger partial charge in [0.15, 0.2) is 5.75 Å². The lowest BCUT2D eigenvalue weighted by atomic mass is 10.1. The molecule has 35 heavy (non-hydrogen) atoms. The van der Waals surface area contributed by atoms with Crippen LogP contribution in [-0.2, 0) is 11.3 Å². The van der Waals surface area contributed by atoms with E-state index in [4.69, 9.17) is 20.8 Å². The van der Waals surface area contributed by atoms with Gasteiger partial charge in [0, 0.05) is 10.6 Å². The number of furan rings is 1. The first kappa shape index (κ1) is 23.1. The lowest BCUT2D eigenvalue weighted by Crippen LogP contribution is -2.27. The lowest BCUT2D eigenvalue weighted by Gasteiger charge is -2.23. The molecular weight excluding hydrogens is 484 g/mol. The Kier molecular flexibility index (Phi) is 6.79. The standard InChI is InChI=1S/C27H21ClN2O4S/c28-20-12-13-24(34-21-5-2-1-3-6-21)23(15-20)29-26(32)18-8-10-19(11-9-18)27-30(25(31)17-35-27)16-22-7-4-14-33-22/h1-15,27H,16-17H2,(H,29,32)/t27-/m1/s1. The maximum Gasteiger partial charge on any atom is 0.255 e. The molecule has 4 aromatic rings. The van der Waals surface area contributed by atoms with E-state index in [1.54, 1.807) is 53.3 Å². The Labute approximate surface area is 211 Å². The largest absolute Gasteiger partial charge is 0.467 e. The average Bonchev–Trinajstić information content (AvgIpc) is 3.52. The summed E-state index contributed by atoms with van der Waals surface area (Å²) in [6.07, 6.45) is 1.60. The summed E-state index contributed by atoms with van der Waals surface area (Å²) in [5.41, 5.74) is 1.89. The van der Waals surface area contributed by atoms with E-state index >= 15 is 0 Å². The van der Waals surface area contributed by atoms with Gasteiger partial charge in [0.25, 0.3) is 5.91 Å². The molecule has 1 saturated heterocycles. The zero-order valence-electron chi connectivity index (χ0n) is 18.5. The van der Waals surface area contributed by atoms with Crippen molar-refractivity contribution in [1.29, 1.82) is 0 Å². The minimum absolute atomic E-state index is 0.0603. The number of rotatable bonds is 7. The Hall–Kier alpha value is -3.68. The highest BCUT2D eigenvalue weighted by Gasteiger charge is 2.33. The SMILES string of the molecule is O=C(Nc1cc(Cl)ccc1Oc1ccccc1)c1ccc([C@H]2SCC(=O)N2Cc2ccco2)cc1. The van der Waals surface area contributed by atoms with E-state index in [1.807, 2.05) is 54.6 Å². The predicted octanol–water partition coefficient (Wildman–Crippen LogP) is 6.75. The van der Waals surface area contributed by atoms with Crippen molar-refractivity contribution in [2.24, 2.45) is 0 Å². The summed E-state index contributed by atoms with van der Waals surface area (Å²) in [6.45, 7) is 0.407. The van der Waals surface area contributed by atoms with Crippen molar-refractivity contribution in [2.75, 3.05) is 11.1 Å². The molecule has 3 aromatic carbocycles. The molecule has 1 atom stereocenters. The summed E-state index contributed by atoms with van der Waals surface area (Å²) in [4.78, 5) is 27.2. The third kappa shape index (κ3) is 5.37. The van der Waals surface area contributed by atoms with Crippen molar-refractivity contribution in [1.82, 2.24) is 4.90 Å². The predicted molar refractivity (Wildman–Crippen MR) is 137 cm³/mol. The first-order valence-corrected chi connectivity index (χ1v) is 12.4. The number of carbonyl (C=O) groups excluding carboxylic acids is 2. The Morgan fingerprint density at radius 3 is 2.60 bits per heavy atom. The van der Waals surface area contributed by atoms with Crippen LogP contribution in [0.1, 0.15) is 27.1 Å². The third-order valence-corrected chi connectivity index (χ3v) is 6.98. The molecule has 0 spiro atoms. The zero-order chi connectivity index (χ0) is 24.2. The first-order chi connectivity index (χ1) is 17.1. The Morgan fingerprint density at radius 2 is 1.86 bits per heavy atom. The van der Waals surface area contributed by atoms with Gasteiger partial charge in [0.05, 0.1) is 24.2 Å². The number of amides is 2. The summed E-state index contributed by atoms with van der Waals surface area (Å²) >= 11 is 7.73. The van der Waals surface area contributed by atoms with Gasteiger partial charge < -0.3 is 19.4 Å². The number of hydrogen-bond acceptors (Lipinski definition) is 5. The fourth-order valence-electron chi connectivity index (χ4n) is 3.77. The number of nitrogens with zero attached hydrogens (tertiary/aromatic N) is 1. The van der Waals surface area contributed by atoms with Gasteiger partial charge in [0.1, 0.15) is 16.9 Å². The van der Waals surface area contributed by atoms with Gasteiger partial charge in [-0.1, -0.05) is 41.9 Å². The molecule has 1 fully saturated rings. The Balaban J connectivity index is 1.31. The number of hydrogen-bond donors (Lipinski definition) is 1. The summed E-state index contributed by atoms with van der Waals surface area (Å²) in [5.74, 6) is 2.05. The van der Waals surface area contributed by atoms with Gasteiger partial charge in [-0.25, -0.2) is 0 Å². The van der Waals surface area contributed by atoms with E-state index < -0.39 is 0 Å². The van der Waals surface area contributed by atoms with Crippen LogP contribution < -0.4 is 10.1 Å². The van der Waals surface area contributed by atoms with Crippen LogP contribution in [0.2, 0.25) is 5.02 Å². The Bertz CT molecular complexity index is 1330. The van der Waals surface area contributed by atoms with Crippen molar-refractivity contribution in [3.8, 4) is 11.5 Å². The highest BCUT2D eigenvalue weighted by molar-refractivity contribution is 8.00. The van der Waals surface area contributed by atoms with Gasteiger partial charge >= 0.3 is 0 Å². The monoisotopic (exact) mass is 504 g/mol. The molecule has 6 nitrogen and oxygen atoms in total. The molecule has 0 bridgehead atoms. The van der Waals surface area contributed by atoms with Crippen LogP contribution in [-0.4, -0.2) is 22.5 Å². The van der Waals surface area contributed by atoms with Crippen LogP contribution >= 0.6 is 23.4 Å². The molecule has 0 aliphatic carbocycles. The van der Waals surface area contributed by atoms with Crippen molar-refractivity contribution in [2.45, 2.75) is 11.9 Å². The minimum Gasteiger partial charge on any atom is -0.467 e. The van der Waals surface area contributed by atoms with Crippen LogP contribution in [0.4, 0.5) is 5.69 Å². The van der Waals surface area contributed by atoms with Crippen LogP contribution in [0.15, 0.2) is 95.6 Å². The van der Waals surface area contributed by atoms with Gasteiger partial charge in [-0.15, -0.1) is 11.8 Å². The maximum absolute atomic E-state index is 13.0. The topological polar surface area (TPSA) is 71.8 Å². The van der Waals surface area contributed by atoms with Crippen molar-refractivity contribution >= 4 is 40.9 Å². The fourth-order valence-corrected chi connectivity index (χ4v) is 5.13. The molecule has 0 saturated carbocycles. The Morgan fingerprint density at radius 1 is 1.06 bits per heavy atom. The molecule has 1 aromatic heterocycles. The smallest absolute Gasteiger partial charge is 0.255 e. The molecule has 176 valence electrons. The van der Waals surface area contributed by atoms with Gasteiger partial charge in [-0.3, -0.25) is 9.59 Å². The van der Waals surface area contributed by atoms with Crippen molar-refractivity contribution < 1.29 is 18.7 Å². The summed E-state index contributed by atoms with van der Waals surface area (Å²) in [6, 6.07) is 25.3. The van der Waals surface area contributed by atoms with Crippen LogP contribution in [0.5, 0.6) is 11.5 Å². The number of halogens is 1. The molecule has 2 amide bonds. The third-order valence-electron chi connectivity index (χ3n) is 5.49. The van der Waals surface area contributed by atoms with E-state index in [0.717, 1.165) is 11.3 Å². The molecule has 8 heteroatoms. The van der Waals surface area contributed by atoms with E-state index in [0.29, 0.717) is 40.1 Å². The second-order valence-corrected chi connectivity index (χ2v) is 9.40. The average molecular weight is 505 g/mol. The zero-order valence-corrected chi connectivity index (χ0v) is 20.1. The quantitative estimate of drug-likeness (QED) is 0.301. The summed E-state index contributed by atoms with van der Waals surface area (Å²) < 4.78 is 11.3. The van der Waals surface area contributed by atoms with Crippen molar-refractivity contribution in [3.63, 3.8) is 0 Å². The number of nitrogens with one attached hydrogen (secondary N) is 1. The van der Waals surface area contributed by atoms with E-state index in [1.165, 1.54) is 0 Å². The van der Waals surface area contributed by atoms with E-state index in [9.17, 15) is 9.59 Å². The molecule has 1 aliphatic heterocycles. The normalized spacial score (nSPS) is 15.3. The molecule has 0 radical (unpaired) electrons. The lowest BCUT2D eigenvalue weighted by molar-refractivity contribution is -0.128. The maximum atomic E-state index is 13.0. The number of benzene rings is 3. The molecule has 5 rings (SSSR count). The second kappa shape index (κ2) is 10.3.